The Hall–Kier alpha value is -3.66. The number of aryl methyl sites for hydroxylation is 2. The van der Waals surface area contributed by atoms with Crippen molar-refractivity contribution in [3.05, 3.63) is 64.0 Å². The summed E-state index contributed by atoms with van der Waals surface area (Å²) < 4.78 is 31.6. The fourth-order valence-corrected chi connectivity index (χ4v) is 4.63. The molecule has 0 radical (unpaired) electrons. The number of esters is 1. The number of rotatable bonds is 7. The minimum Gasteiger partial charge on any atom is -0.483 e. The van der Waals surface area contributed by atoms with Gasteiger partial charge in [0, 0.05) is 44.8 Å². The zero-order valence-corrected chi connectivity index (χ0v) is 24.6. The molecule has 2 atom stereocenters. The summed E-state index contributed by atoms with van der Waals surface area (Å²) in [7, 11) is 2.76. The Kier molecular flexibility index (Phi) is 9.78. The first kappa shape index (κ1) is 30.9. The Balaban J connectivity index is 1.92. The van der Waals surface area contributed by atoms with Gasteiger partial charge in [-0.2, -0.15) is 0 Å². The molecule has 40 heavy (non-hydrogen) atoms. The maximum atomic E-state index is 14.7. The monoisotopic (exact) mass is 557 g/mol. The lowest BCUT2D eigenvalue weighted by Crippen LogP contribution is -2.55. The number of carbonyl (C=O) groups is 3. The van der Waals surface area contributed by atoms with Gasteiger partial charge in [0.25, 0.3) is 5.91 Å². The molecule has 2 amide bonds. The molecule has 10 heteroatoms. The standard InChI is InChI=1S/C30H40FN3O6/c1-18-9-10-21(14-24(18)31)26(17-33-11-12-34(20(3)16-33)29(37)40-30(4,5)6)39-25-13-19(2)22(27(35)32-7)15-23(25)28(36)38-8/h9-10,13-15,20,26H,11-12,16-17H2,1-8H3,(H,32,35)/t20-,26-/m1/s1. The van der Waals surface area contributed by atoms with E-state index >= 15 is 0 Å². The first-order valence-corrected chi connectivity index (χ1v) is 13.3. The number of carbonyl (C=O) groups excluding carboxylic acids is 3. The zero-order valence-electron chi connectivity index (χ0n) is 24.6. The summed E-state index contributed by atoms with van der Waals surface area (Å²) in [5.41, 5.74) is 1.52. The third-order valence-electron chi connectivity index (χ3n) is 6.80. The van der Waals surface area contributed by atoms with Crippen molar-refractivity contribution in [2.75, 3.05) is 40.3 Å². The fourth-order valence-electron chi connectivity index (χ4n) is 4.63. The molecule has 0 unspecified atom stereocenters. The van der Waals surface area contributed by atoms with E-state index < -0.39 is 17.7 Å². The predicted molar refractivity (Wildman–Crippen MR) is 149 cm³/mol. The zero-order chi connectivity index (χ0) is 29.8. The second-order valence-corrected chi connectivity index (χ2v) is 11.1. The third-order valence-corrected chi connectivity index (χ3v) is 6.80. The summed E-state index contributed by atoms with van der Waals surface area (Å²) in [4.78, 5) is 41.6. The molecule has 1 saturated heterocycles. The quantitative estimate of drug-likeness (QED) is 0.495. The molecule has 1 aliphatic heterocycles. The minimum absolute atomic E-state index is 0.0902. The molecule has 1 fully saturated rings. The van der Waals surface area contributed by atoms with Crippen LogP contribution in [0.5, 0.6) is 5.75 Å². The molecule has 2 aromatic carbocycles. The van der Waals surface area contributed by atoms with Crippen LogP contribution in [0.15, 0.2) is 30.3 Å². The number of hydrogen-bond acceptors (Lipinski definition) is 7. The average molecular weight is 558 g/mol. The molecule has 0 bridgehead atoms. The number of nitrogens with zero attached hydrogens (tertiary/aromatic N) is 2. The first-order chi connectivity index (χ1) is 18.7. The molecule has 0 aromatic heterocycles. The fraction of sp³-hybridized carbons (Fsp3) is 0.500. The topological polar surface area (TPSA) is 97.4 Å². The average Bonchev–Trinajstić information content (AvgIpc) is 2.88. The number of amides is 2. The van der Waals surface area contributed by atoms with E-state index in [9.17, 15) is 18.8 Å². The molecule has 0 spiro atoms. The summed E-state index contributed by atoms with van der Waals surface area (Å²) in [6.45, 7) is 12.8. The van der Waals surface area contributed by atoms with Gasteiger partial charge < -0.3 is 24.4 Å². The number of nitrogens with one attached hydrogen (secondary N) is 1. The number of methoxy groups -OCH3 is 1. The molecule has 1 aliphatic rings. The second-order valence-electron chi connectivity index (χ2n) is 11.1. The van der Waals surface area contributed by atoms with Crippen molar-refractivity contribution in [2.45, 2.75) is 59.3 Å². The van der Waals surface area contributed by atoms with Gasteiger partial charge in [-0.25, -0.2) is 14.0 Å². The van der Waals surface area contributed by atoms with E-state index in [0.29, 0.717) is 48.4 Å². The lowest BCUT2D eigenvalue weighted by atomic mass is 10.0. The highest BCUT2D eigenvalue weighted by Gasteiger charge is 2.33. The van der Waals surface area contributed by atoms with Gasteiger partial charge in [0.15, 0.2) is 0 Å². The van der Waals surface area contributed by atoms with Crippen LogP contribution in [0.3, 0.4) is 0 Å². The van der Waals surface area contributed by atoms with Crippen molar-refractivity contribution >= 4 is 18.0 Å². The van der Waals surface area contributed by atoms with Crippen LogP contribution in [0.25, 0.3) is 0 Å². The molecular formula is C30H40FN3O6. The Bertz CT molecular complexity index is 1260. The first-order valence-electron chi connectivity index (χ1n) is 13.3. The highest BCUT2D eigenvalue weighted by molar-refractivity contribution is 6.00. The van der Waals surface area contributed by atoms with Crippen LogP contribution < -0.4 is 10.1 Å². The summed E-state index contributed by atoms with van der Waals surface area (Å²) in [5.74, 6) is -1.14. The van der Waals surface area contributed by atoms with Gasteiger partial charge in [0.1, 0.15) is 28.8 Å². The maximum Gasteiger partial charge on any atom is 0.410 e. The lowest BCUT2D eigenvalue weighted by molar-refractivity contribution is -0.00301. The van der Waals surface area contributed by atoms with Crippen molar-refractivity contribution in [1.82, 2.24) is 15.1 Å². The highest BCUT2D eigenvalue weighted by Crippen LogP contribution is 2.31. The number of hydrogen-bond donors (Lipinski definition) is 1. The van der Waals surface area contributed by atoms with E-state index in [1.165, 1.54) is 26.3 Å². The molecule has 1 heterocycles. The SMILES string of the molecule is CNC(=O)c1cc(C(=O)OC)c(O[C@H](CN2CCN(C(=O)OC(C)(C)C)[C@H](C)C2)c2ccc(C)c(F)c2)cc1C. The second kappa shape index (κ2) is 12.7. The van der Waals surface area contributed by atoms with Gasteiger partial charge in [0.2, 0.25) is 0 Å². The molecule has 3 rings (SSSR count). The van der Waals surface area contributed by atoms with Crippen LogP contribution in [0.1, 0.15) is 71.2 Å². The lowest BCUT2D eigenvalue weighted by Gasteiger charge is -2.41. The molecule has 218 valence electrons. The Morgan fingerprint density at radius 1 is 1.07 bits per heavy atom. The van der Waals surface area contributed by atoms with Crippen molar-refractivity contribution in [1.29, 1.82) is 0 Å². The number of piperazine rings is 1. The van der Waals surface area contributed by atoms with E-state index in [-0.39, 0.29) is 35.2 Å². The normalized spacial score (nSPS) is 16.7. The van der Waals surface area contributed by atoms with Crippen molar-refractivity contribution in [3.8, 4) is 5.75 Å². The largest absolute Gasteiger partial charge is 0.483 e. The van der Waals surface area contributed by atoms with E-state index in [1.807, 2.05) is 27.7 Å². The van der Waals surface area contributed by atoms with Crippen molar-refractivity contribution < 1.29 is 33.0 Å². The number of halogens is 1. The predicted octanol–water partition coefficient (Wildman–Crippen LogP) is 4.65. The molecular weight excluding hydrogens is 517 g/mol. The van der Waals surface area contributed by atoms with Crippen LogP contribution in [-0.2, 0) is 9.47 Å². The highest BCUT2D eigenvalue weighted by atomic mass is 19.1. The van der Waals surface area contributed by atoms with E-state index in [1.54, 1.807) is 36.9 Å². The maximum absolute atomic E-state index is 14.7. The summed E-state index contributed by atoms with van der Waals surface area (Å²) >= 11 is 0. The van der Waals surface area contributed by atoms with Crippen molar-refractivity contribution in [3.63, 3.8) is 0 Å². The third kappa shape index (κ3) is 7.50. The van der Waals surface area contributed by atoms with Crippen LogP contribution >= 0.6 is 0 Å². The van der Waals surface area contributed by atoms with Gasteiger partial charge in [-0.05, 0) is 76.4 Å². The summed E-state index contributed by atoms with van der Waals surface area (Å²) in [6.07, 6.45) is -1.02. The van der Waals surface area contributed by atoms with Crippen LogP contribution in [0.2, 0.25) is 0 Å². The molecule has 2 aromatic rings. The van der Waals surface area contributed by atoms with E-state index in [0.717, 1.165) is 0 Å². The Morgan fingerprint density at radius 3 is 2.35 bits per heavy atom. The summed E-state index contributed by atoms with van der Waals surface area (Å²) in [6, 6.07) is 7.86. The molecule has 9 nitrogen and oxygen atoms in total. The smallest absolute Gasteiger partial charge is 0.410 e. The number of benzene rings is 2. The van der Waals surface area contributed by atoms with Crippen LogP contribution in [0, 0.1) is 19.7 Å². The molecule has 1 N–H and O–H groups in total. The number of ether oxygens (including phenoxy) is 3. The van der Waals surface area contributed by atoms with Crippen molar-refractivity contribution in [2.24, 2.45) is 0 Å². The Labute approximate surface area is 235 Å². The molecule has 0 saturated carbocycles. The molecule has 0 aliphatic carbocycles. The van der Waals surface area contributed by atoms with Crippen LogP contribution in [0.4, 0.5) is 9.18 Å². The van der Waals surface area contributed by atoms with E-state index in [4.69, 9.17) is 14.2 Å². The van der Waals surface area contributed by atoms with Gasteiger partial charge >= 0.3 is 12.1 Å². The van der Waals surface area contributed by atoms with Gasteiger partial charge in [-0.15, -0.1) is 0 Å². The van der Waals surface area contributed by atoms with Crippen LogP contribution in [-0.4, -0.2) is 79.7 Å². The minimum atomic E-state index is -0.663. The summed E-state index contributed by atoms with van der Waals surface area (Å²) in [5, 5.41) is 2.57. The van der Waals surface area contributed by atoms with Gasteiger partial charge in [-0.3, -0.25) is 9.69 Å². The Morgan fingerprint density at radius 2 is 1.77 bits per heavy atom. The van der Waals surface area contributed by atoms with Gasteiger partial charge in [0.05, 0.1) is 7.11 Å². The van der Waals surface area contributed by atoms with E-state index in [2.05, 4.69) is 10.2 Å². The van der Waals surface area contributed by atoms with Gasteiger partial charge in [-0.1, -0.05) is 12.1 Å².